The van der Waals surface area contributed by atoms with E-state index in [-0.39, 0.29) is 24.5 Å². The molecule has 0 spiro atoms. The van der Waals surface area contributed by atoms with Crippen LogP contribution in [0.15, 0.2) is 6.33 Å². The fraction of sp³-hybridized carbons (Fsp3) is 0.375. The molecule has 0 aliphatic rings. The molecule has 17 heavy (non-hydrogen) atoms. The van der Waals surface area contributed by atoms with Crippen molar-refractivity contribution in [3.05, 3.63) is 12.2 Å². The van der Waals surface area contributed by atoms with Gasteiger partial charge in [0, 0.05) is 0 Å². The number of methoxy groups -OCH3 is 2. The van der Waals surface area contributed by atoms with Gasteiger partial charge in [-0.25, -0.2) is 4.98 Å². The maximum Gasteiger partial charge on any atom is 0.324 e. The largest absolute Gasteiger partial charge is 0.467 e. The zero-order valence-electron chi connectivity index (χ0n) is 9.36. The first-order valence-corrected chi connectivity index (χ1v) is 4.72. The molecule has 90 valence electrons. The quantitative estimate of drug-likeness (QED) is 0.714. The zero-order valence-corrected chi connectivity index (χ0v) is 9.36. The van der Waals surface area contributed by atoms with Gasteiger partial charge in [0.2, 0.25) is 0 Å². The average Bonchev–Trinajstić information content (AvgIpc) is 2.86. The van der Waals surface area contributed by atoms with Crippen molar-refractivity contribution in [1.29, 1.82) is 0 Å². The molecule has 0 radical (unpaired) electrons. The van der Waals surface area contributed by atoms with Crippen molar-refractivity contribution in [3.63, 3.8) is 0 Å². The lowest BCUT2D eigenvalue weighted by molar-refractivity contribution is 0.338. The second kappa shape index (κ2) is 4.70. The van der Waals surface area contributed by atoms with Crippen molar-refractivity contribution in [2.75, 3.05) is 14.2 Å². The standard InChI is InChI=1S/C8H11N7O2/c1-16-7-11-6(12-8(13-7)17-2)15-4-10-5(3-9)14-15/h4H,3,9H2,1-2H3. The molecule has 2 aromatic heterocycles. The summed E-state index contributed by atoms with van der Waals surface area (Å²) in [6.45, 7) is 0.242. The van der Waals surface area contributed by atoms with Gasteiger partial charge in [-0.3, -0.25) is 0 Å². The van der Waals surface area contributed by atoms with Crippen LogP contribution in [0.5, 0.6) is 12.0 Å². The summed E-state index contributed by atoms with van der Waals surface area (Å²) in [6.07, 6.45) is 1.45. The molecule has 0 bridgehead atoms. The lowest BCUT2D eigenvalue weighted by atomic mass is 10.6. The number of aromatic nitrogens is 6. The van der Waals surface area contributed by atoms with Crippen LogP contribution in [0.2, 0.25) is 0 Å². The Bertz CT molecular complexity index is 490. The molecule has 0 saturated carbocycles. The fourth-order valence-electron chi connectivity index (χ4n) is 1.10. The first-order chi connectivity index (χ1) is 8.26. The lowest BCUT2D eigenvalue weighted by Crippen LogP contribution is -2.08. The Morgan fingerprint density at radius 1 is 1.18 bits per heavy atom. The smallest absolute Gasteiger partial charge is 0.324 e. The lowest BCUT2D eigenvalue weighted by Gasteiger charge is -2.03. The summed E-state index contributed by atoms with van der Waals surface area (Å²) in [7, 11) is 2.90. The normalized spacial score (nSPS) is 10.3. The van der Waals surface area contributed by atoms with E-state index < -0.39 is 0 Å². The molecule has 2 heterocycles. The molecule has 9 heteroatoms. The highest BCUT2D eigenvalue weighted by Gasteiger charge is 2.10. The summed E-state index contributed by atoms with van der Waals surface area (Å²) in [6, 6.07) is 0.272. The van der Waals surface area contributed by atoms with E-state index in [0.717, 1.165) is 0 Å². The van der Waals surface area contributed by atoms with Gasteiger partial charge in [-0.2, -0.15) is 14.6 Å². The summed E-state index contributed by atoms with van der Waals surface area (Å²) in [5.41, 5.74) is 5.41. The molecule has 0 saturated heterocycles. The molecule has 0 amide bonds. The second-order valence-electron chi connectivity index (χ2n) is 2.92. The van der Waals surface area contributed by atoms with E-state index in [1.54, 1.807) is 0 Å². The molecule has 2 N–H and O–H groups in total. The number of nitrogens with zero attached hydrogens (tertiary/aromatic N) is 6. The van der Waals surface area contributed by atoms with Crippen LogP contribution in [0.4, 0.5) is 0 Å². The van der Waals surface area contributed by atoms with Crippen LogP contribution in [0.25, 0.3) is 5.95 Å². The van der Waals surface area contributed by atoms with Crippen molar-refractivity contribution in [3.8, 4) is 18.0 Å². The van der Waals surface area contributed by atoms with Gasteiger partial charge in [0.05, 0.1) is 20.8 Å². The number of hydrogen-bond acceptors (Lipinski definition) is 8. The van der Waals surface area contributed by atoms with E-state index in [1.807, 2.05) is 0 Å². The van der Waals surface area contributed by atoms with Gasteiger partial charge in [0.25, 0.3) is 5.95 Å². The van der Waals surface area contributed by atoms with Gasteiger partial charge in [-0.15, -0.1) is 10.1 Å². The number of nitrogens with two attached hydrogens (primary N) is 1. The van der Waals surface area contributed by atoms with Crippen LogP contribution in [-0.2, 0) is 6.54 Å². The molecule has 0 atom stereocenters. The minimum atomic E-state index is 0.136. The van der Waals surface area contributed by atoms with E-state index in [0.29, 0.717) is 5.82 Å². The number of hydrogen-bond donors (Lipinski definition) is 1. The molecule has 0 aliphatic carbocycles. The minimum Gasteiger partial charge on any atom is -0.467 e. The highest BCUT2D eigenvalue weighted by Crippen LogP contribution is 2.10. The van der Waals surface area contributed by atoms with Gasteiger partial charge in [-0.1, -0.05) is 0 Å². The van der Waals surface area contributed by atoms with Crippen molar-refractivity contribution in [2.45, 2.75) is 6.54 Å². The molecule has 9 nitrogen and oxygen atoms in total. The average molecular weight is 237 g/mol. The van der Waals surface area contributed by atoms with Gasteiger partial charge in [0.1, 0.15) is 6.33 Å². The first-order valence-electron chi connectivity index (χ1n) is 4.72. The third kappa shape index (κ3) is 2.28. The highest BCUT2D eigenvalue weighted by atomic mass is 16.5. The van der Waals surface area contributed by atoms with Crippen molar-refractivity contribution in [2.24, 2.45) is 5.73 Å². The maximum absolute atomic E-state index is 5.41. The Labute approximate surface area is 96.6 Å². The van der Waals surface area contributed by atoms with Crippen molar-refractivity contribution < 1.29 is 9.47 Å². The topological polar surface area (TPSA) is 114 Å². The van der Waals surface area contributed by atoms with Gasteiger partial charge in [-0.05, 0) is 0 Å². The molecular weight excluding hydrogens is 226 g/mol. The van der Waals surface area contributed by atoms with Gasteiger partial charge >= 0.3 is 12.0 Å². The van der Waals surface area contributed by atoms with Crippen molar-refractivity contribution in [1.82, 2.24) is 29.7 Å². The Hall–Kier alpha value is -2.29. The third-order valence-electron chi connectivity index (χ3n) is 1.87. The Morgan fingerprint density at radius 3 is 2.29 bits per heavy atom. The van der Waals surface area contributed by atoms with Crippen LogP contribution in [0, 0.1) is 0 Å². The Morgan fingerprint density at radius 2 is 1.82 bits per heavy atom. The fourth-order valence-corrected chi connectivity index (χ4v) is 1.10. The van der Waals surface area contributed by atoms with Crippen LogP contribution in [-0.4, -0.2) is 43.9 Å². The number of ether oxygens (including phenoxy) is 2. The van der Waals surface area contributed by atoms with E-state index in [4.69, 9.17) is 15.2 Å². The second-order valence-corrected chi connectivity index (χ2v) is 2.92. The summed E-state index contributed by atoms with van der Waals surface area (Å²) >= 11 is 0. The van der Waals surface area contributed by atoms with Crippen LogP contribution < -0.4 is 15.2 Å². The van der Waals surface area contributed by atoms with E-state index in [9.17, 15) is 0 Å². The maximum atomic E-state index is 5.41. The number of rotatable bonds is 4. The summed E-state index contributed by atoms with van der Waals surface area (Å²) in [4.78, 5) is 15.9. The monoisotopic (exact) mass is 237 g/mol. The Balaban J connectivity index is 2.43. The Kier molecular flexibility index (Phi) is 3.10. The van der Waals surface area contributed by atoms with Gasteiger partial charge < -0.3 is 15.2 Å². The third-order valence-corrected chi connectivity index (χ3v) is 1.87. The van der Waals surface area contributed by atoms with E-state index >= 15 is 0 Å². The van der Waals surface area contributed by atoms with Crippen molar-refractivity contribution >= 4 is 0 Å². The molecule has 0 aromatic carbocycles. The summed E-state index contributed by atoms with van der Waals surface area (Å²) < 4.78 is 11.2. The molecule has 0 fully saturated rings. The van der Waals surface area contributed by atoms with E-state index in [2.05, 4.69) is 25.0 Å². The van der Waals surface area contributed by atoms with E-state index in [1.165, 1.54) is 25.2 Å². The molecule has 2 rings (SSSR count). The first kappa shape index (κ1) is 11.2. The molecule has 0 aliphatic heterocycles. The highest BCUT2D eigenvalue weighted by molar-refractivity contribution is 5.15. The van der Waals surface area contributed by atoms with Gasteiger partial charge in [0.15, 0.2) is 5.82 Å². The molecule has 2 aromatic rings. The molecular formula is C8H11N7O2. The van der Waals surface area contributed by atoms with Crippen LogP contribution in [0.3, 0.4) is 0 Å². The summed E-state index contributed by atoms with van der Waals surface area (Å²) in [5, 5.41) is 4.07. The predicted octanol–water partition coefficient (Wildman–Crippen LogP) is -1.07. The predicted molar refractivity (Wildman–Crippen MR) is 55.7 cm³/mol. The van der Waals surface area contributed by atoms with Crippen LogP contribution in [0.1, 0.15) is 5.82 Å². The summed E-state index contributed by atoms with van der Waals surface area (Å²) in [5.74, 6) is 0.740. The SMILES string of the molecule is COc1nc(OC)nc(-n2cnc(CN)n2)n1. The van der Waals surface area contributed by atoms with Crippen LogP contribution >= 0.6 is 0 Å². The zero-order chi connectivity index (χ0) is 12.3. The molecule has 0 unspecified atom stereocenters. The minimum absolute atomic E-state index is 0.136.